The SMILES string of the molecule is NNc1ccc(C(=O)Nc2ccccc2I)nn1. The van der Waals surface area contributed by atoms with Gasteiger partial charge in [0.1, 0.15) is 0 Å². The van der Waals surface area contributed by atoms with Crippen molar-refractivity contribution in [1.82, 2.24) is 10.2 Å². The van der Waals surface area contributed by atoms with Crippen LogP contribution in [0.4, 0.5) is 11.5 Å². The zero-order valence-corrected chi connectivity index (χ0v) is 11.4. The van der Waals surface area contributed by atoms with Crippen LogP contribution in [0.3, 0.4) is 0 Å². The number of carbonyl (C=O) groups is 1. The average molecular weight is 355 g/mol. The molecule has 1 aromatic carbocycles. The molecule has 7 heteroatoms. The third-order valence-corrected chi connectivity index (χ3v) is 3.11. The summed E-state index contributed by atoms with van der Waals surface area (Å²) in [6.45, 7) is 0. The van der Waals surface area contributed by atoms with Gasteiger partial charge in [-0.2, -0.15) is 0 Å². The molecule has 2 rings (SSSR count). The second-order valence-corrected chi connectivity index (χ2v) is 4.54. The first kappa shape index (κ1) is 12.7. The fourth-order valence-corrected chi connectivity index (χ4v) is 1.80. The maximum absolute atomic E-state index is 11.9. The van der Waals surface area contributed by atoms with Gasteiger partial charge in [0, 0.05) is 3.57 Å². The van der Waals surface area contributed by atoms with Crippen LogP contribution < -0.4 is 16.6 Å². The van der Waals surface area contributed by atoms with Crippen molar-refractivity contribution < 1.29 is 4.79 Å². The lowest BCUT2D eigenvalue weighted by Gasteiger charge is -2.06. The summed E-state index contributed by atoms with van der Waals surface area (Å²) in [5.41, 5.74) is 3.32. The molecule has 0 radical (unpaired) electrons. The fraction of sp³-hybridized carbons (Fsp3) is 0. The summed E-state index contributed by atoms with van der Waals surface area (Å²) in [5.74, 6) is 5.26. The number of amides is 1. The van der Waals surface area contributed by atoms with Crippen molar-refractivity contribution in [3.8, 4) is 0 Å². The van der Waals surface area contributed by atoms with Crippen molar-refractivity contribution >= 4 is 40.0 Å². The molecule has 4 N–H and O–H groups in total. The first-order valence-electron chi connectivity index (χ1n) is 5.07. The Labute approximate surface area is 117 Å². The molecule has 2 aromatic rings. The molecule has 0 spiro atoms. The van der Waals surface area contributed by atoms with Crippen LogP contribution >= 0.6 is 22.6 Å². The number of aromatic nitrogens is 2. The normalized spacial score (nSPS) is 9.89. The molecule has 0 aliphatic carbocycles. The second kappa shape index (κ2) is 5.74. The molecule has 0 atom stereocenters. The zero-order valence-electron chi connectivity index (χ0n) is 9.22. The minimum atomic E-state index is -0.310. The zero-order chi connectivity index (χ0) is 13.0. The molecule has 1 amide bonds. The van der Waals surface area contributed by atoms with Gasteiger partial charge in [0.25, 0.3) is 5.91 Å². The molecule has 1 aromatic heterocycles. The van der Waals surface area contributed by atoms with Crippen LogP contribution in [0.25, 0.3) is 0 Å². The van der Waals surface area contributed by atoms with E-state index in [0.717, 1.165) is 9.26 Å². The number of halogens is 1. The summed E-state index contributed by atoms with van der Waals surface area (Å²) in [6.07, 6.45) is 0. The molecule has 0 saturated carbocycles. The van der Waals surface area contributed by atoms with Crippen LogP contribution in [0, 0.1) is 3.57 Å². The molecule has 0 aliphatic rings. The number of nitrogens with one attached hydrogen (secondary N) is 2. The van der Waals surface area contributed by atoms with E-state index in [-0.39, 0.29) is 11.6 Å². The summed E-state index contributed by atoms with van der Waals surface area (Å²) < 4.78 is 0.955. The highest BCUT2D eigenvalue weighted by atomic mass is 127. The van der Waals surface area contributed by atoms with E-state index in [0.29, 0.717) is 5.82 Å². The van der Waals surface area contributed by atoms with Gasteiger partial charge in [-0.05, 0) is 46.9 Å². The average Bonchev–Trinajstić information content (AvgIpc) is 2.41. The van der Waals surface area contributed by atoms with Gasteiger partial charge in [0.2, 0.25) is 0 Å². The number of nitrogen functional groups attached to an aromatic ring is 1. The van der Waals surface area contributed by atoms with Crippen LogP contribution in [0.15, 0.2) is 36.4 Å². The number of benzene rings is 1. The van der Waals surface area contributed by atoms with Crippen molar-refractivity contribution in [1.29, 1.82) is 0 Å². The fourth-order valence-electron chi connectivity index (χ4n) is 1.28. The Morgan fingerprint density at radius 2 is 1.94 bits per heavy atom. The van der Waals surface area contributed by atoms with Gasteiger partial charge in [-0.1, -0.05) is 12.1 Å². The van der Waals surface area contributed by atoms with Crippen molar-refractivity contribution in [3.05, 3.63) is 45.7 Å². The molecular weight excluding hydrogens is 345 g/mol. The molecule has 0 unspecified atom stereocenters. The van der Waals surface area contributed by atoms with Crippen LogP contribution in [0.5, 0.6) is 0 Å². The Balaban J connectivity index is 2.14. The van der Waals surface area contributed by atoms with Gasteiger partial charge in [0.15, 0.2) is 11.5 Å². The maximum atomic E-state index is 11.9. The molecule has 0 bridgehead atoms. The van der Waals surface area contributed by atoms with E-state index in [1.807, 2.05) is 24.3 Å². The number of hydrogen-bond acceptors (Lipinski definition) is 5. The van der Waals surface area contributed by atoms with Crippen molar-refractivity contribution in [2.24, 2.45) is 5.84 Å². The standard InChI is InChI=1S/C11H10IN5O/c12-7-3-1-2-4-8(7)14-11(18)9-5-6-10(15-13)17-16-9/h1-6H,13H2,(H,14,18)(H,15,17). The van der Waals surface area contributed by atoms with E-state index < -0.39 is 0 Å². The molecule has 0 saturated heterocycles. The van der Waals surface area contributed by atoms with E-state index in [9.17, 15) is 4.79 Å². The molecule has 1 heterocycles. The summed E-state index contributed by atoms with van der Waals surface area (Å²) in [7, 11) is 0. The van der Waals surface area contributed by atoms with Crippen molar-refractivity contribution in [3.63, 3.8) is 0 Å². The lowest BCUT2D eigenvalue weighted by atomic mass is 10.3. The van der Waals surface area contributed by atoms with E-state index >= 15 is 0 Å². The maximum Gasteiger partial charge on any atom is 0.276 e. The highest BCUT2D eigenvalue weighted by Gasteiger charge is 2.09. The highest BCUT2D eigenvalue weighted by molar-refractivity contribution is 14.1. The Morgan fingerprint density at radius 3 is 2.56 bits per heavy atom. The first-order chi connectivity index (χ1) is 8.70. The van der Waals surface area contributed by atoms with Gasteiger partial charge in [-0.15, -0.1) is 10.2 Å². The Bertz CT molecular complexity index is 558. The lowest BCUT2D eigenvalue weighted by molar-refractivity contribution is 0.102. The smallest absolute Gasteiger partial charge is 0.276 e. The number of hydrogen-bond donors (Lipinski definition) is 3. The highest BCUT2D eigenvalue weighted by Crippen LogP contribution is 2.17. The van der Waals surface area contributed by atoms with Crippen molar-refractivity contribution in [2.45, 2.75) is 0 Å². The second-order valence-electron chi connectivity index (χ2n) is 3.38. The minimum Gasteiger partial charge on any atom is -0.320 e. The van der Waals surface area contributed by atoms with E-state index in [4.69, 9.17) is 5.84 Å². The lowest BCUT2D eigenvalue weighted by Crippen LogP contribution is -2.16. The van der Waals surface area contributed by atoms with Gasteiger partial charge in [-0.25, -0.2) is 5.84 Å². The predicted octanol–water partition coefficient (Wildman–Crippen LogP) is 1.62. The summed E-state index contributed by atoms with van der Waals surface area (Å²) in [6, 6.07) is 10.6. The van der Waals surface area contributed by atoms with Gasteiger partial charge in [0.05, 0.1) is 5.69 Å². The quantitative estimate of drug-likeness (QED) is 0.442. The number of nitrogens with zero attached hydrogens (tertiary/aromatic N) is 2. The number of para-hydroxylation sites is 1. The molecule has 0 fully saturated rings. The monoisotopic (exact) mass is 355 g/mol. The molecule has 18 heavy (non-hydrogen) atoms. The third-order valence-electron chi connectivity index (χ3n) is 2.17. The molecule has 6 nitrogen and oxygen atoms in total. The van der Waals surface area contributed by atoms with E-state index in [1.54, 1.807) is 12.1 Å². The number of hydrazine groups is 1. The summed E-state index contributed by atoms with van der Waals surface area (Å²) >= 11 is 2.15. The Morgan fingerprint density at radius 1 is 1.17 bits per heavy atom. The minimum absolute atomic E-state index is 0.230. The molecule has 0 aliphatic heterocycles. The van der Waals surface area contributed by atoms with Crippen LogP contribution in [0.2, 0.25) is 0 Å². The summed E-state index contributed by atoms with van der Waals surface area (Å²) in [4.78, 5) is 11.9. The molecular formula is C11H10IN5O. The third kappa shape index (κ3) is 2.93. The predicted molar refractivity (Wildman–Crippen MR) is 77.0 cm³/mol. The largest absolute Gasteiger partial charge is 0.320 e. The number of carbonyl (C=O) groups excluding carboxylic acids is 1. The van der Waals surface area contributed by atoms with Gasteiger partial charge in [-0.3, -0.25) is 4.79 Å². The number of rotatable bonds is 3. The van der Waals surface area contributed by atoms with E-state index in [1.165, 1.54) is 0 Å². The Kier molecular flexibility index (Phi) is 4.05. The Hall–Kier alpha value is -1.74. The first-order valence-corrected chi connectivity index (χ1v) is 6.15. The van der Waals surface area contributed by atoms with Gasteiger partial charge < -0.3 is 10.7 Å². The van der Waals surface area contributed by atoms with Crippen LogP contribution in [-0.4, -0.2) is 16.1 Å². The van der Waals surface area contributed by atoms with Crippen molar-refractivity contribution in [2.75, 3.05) is 10.7 Å². The van der Waals surface area contributed by atoms with Crippen LogP contribution in [0.1, 0.15) is 10.5 Å². The number of nitrogens with two attached hydrogens (primary N) is 1. The van der Waals surface area contributed by atoms with E-state index in [2.05, 4.69) is 43.5 Å². The van der Waals surface area contributed by atoms with Gasteiger partial charge >= 0.3 is 0 Å². The van der Waals surface area contributed by atoms with Crippen LogP contribution in [-0.2, 0) is 0 Å². The number of anilines is 2. The summed E-state index contributed by atoms with van der Waals surface area (Å²) in [5, 5.41) is 10.3. The molecule has 92 valence electrons. The topological polar surface area (TPSA) is 92.9 Å².